The molecule has 314 valence electrons. The molecule has 0 unspecified atom stereocenters. The summed E-state index contributed by atoms with van der Waals surface area (Å²) in [5.41, 5.74) is 17.6. The van der Waals surface area contributed by atoms with E-state index in [0.29, 0.717) is 0 Å². The Labute approximate surface area is 395 Å². The van der Waals surface area contributed by atoms with Crippen LogP contribution in [-0.2, 0) is 5.41 Å². The van der Waals surface area contributed by atoms with Crippen LogP contribution >= 0.6 is 11.3 Å². The normalized spacial score (nSPS) is 12.6. The molecule has 1 aliphatic rings. The highest BCUT2D eigenvalue weighted by molar-refractivity contribution is 7.25. The van der Waals surface area contributed by atoms with E-state index in [0.717, 1.165) is 17.1 Å². The highest BCUT2D eigenvalue weighted by atomic mass is 32.1. The fourth-order valence-corrected chi connectivity index (χ4v) is 12.0. The zero-order chi connectivity index (χ0) is 44.3. The predicted molar refractivity (Wildman–Crippen MR) is 285 cm³/mol. The molecule has 0 saturated carbocycles. The van der Waals surface area contributed by atoms with Crippen molar-refractivity contribution in [1.29, 1.82) is 0 Å². The third-order valence-electron chi connectivity index (χ3n) is 13.9. The summed E-state index contributed by atoms with van der Waals surface area (Å²) in [6, 6.07) is 96.5. The molecular weight excluding hydrogens is 827 g/mol. The average Bonchev–Trinajstić information content (AvgIpc) is 3.93. The molecule has 0 aliphatic heterocycles. The van der Waals surface area contributed by atoms with Crippen LogP contribution in [0.4, 0.5) is 17.1 Å². The molecule has 0 fully saturated rings. The lowest BCUT2D eigenvalue weighted by Gasteiger charge is -2.35. The molecule has 11 aromatic carbocycles. The number of hydrogen-bond donors (Lipinski definition) is 0. The van der Waals surface area contributed by atoms with E-state index >= 15 is 0 Å². The van der Waals surface area contributed by atoms with Crippen LogP contribution in [0, 0.1) is 0 Å². The van der Waals surface area contributed by atoms with E-state index < -0.39 is 5.41 Å². The molecule has 1 aliphatic carbocycles. The second-order valence-electron chi connectivity index (χ2n) is 17.6. The Hall–Kier alpha value is -8.30. The molecule has 0 amide bonds. The Bertz CT molecular complexity index is 3770. The molecule has 67 heavy (non-hydrogen) atoms. The van der Waals surface area contributed by atoms with Gasteiger partial charge in [-0.05, 0) is 127 Å². The van der Waals surface area contributed by atoms with Gasteiger partial charge in [0.15, 0.2) is 0 Å². The Kier molecular flexibility index (Phi) is 9.33. The summed E-state index contributed by atoms with van der Waals surface area (Å²) in [7, 11) is 0. The number of rotatable bonds is 8. The van der Waals surface area contributed by atoms with Crippen LogP contribution in [0.3, 0.4) is 0 Å². The van der Waals surface area contributed by atoms with Gasteiger partial charge in [0.25, 0.3) is 0 Å². The van der Waals surface area contributed by atoms with Gasteiger partial charge in [0.2, 0.25) is 0 Å². The van der Waals surface area contributed by atoms with Gasteiger partial charge in [0, 0.05) is 37.1 Å². The molecule has 1 heterocycles. The van der Waals surface area contributed by atoms with Crippen molar-refractivity contribution in [1.82, 2.24) is 0 Å². The maximum atomic E-state index is 2.48. The van der Waals surface area contributed by atoms with E-state index in [1.807, 2.05) is 11.3 Å². The van der Waals surface area contributed by atoms with Crippen LogP contribution in [0.1, 0.15) is 22.3 Å². The molecule has 0 atom stereocenters. The van der Waals surface area contributed by atoms with Crippen molar-refractivity contribution in [2.75, 3.05) is 4.90 Å². The van der Waals surface area contributed by atoms with Crippen molar-refractivity contribution in [2.24, 2.45) is 0 Å². The van der Waals surface area contributed by atoms with Crippen molar-refractivity contribution < 1.29 is 0 Å². The molecule has 0 spiro atoms. The Morgan fingerprint density at radius 2 is 0.881 bits per heavy atom. The second kappa shape index (κ2) is 16.0. The van der Waals surface area contributed by atoms with Crippen molar-refractivity contribution >= 4 is 59.3 Å². The minimum Gasteiger partial charge on any atom is -0.310 e. The smallest absolute Gasteiger partial charge is 0.0714 e. The van der Waals surface area contributed by atoms with Gasteiger partial charge in [-0.15, -0.1) is 11.3 Å². The zero-order valence-corrected chi connectivity index (χ0v) is 37.5. The summed E-state index contributed by atoms with van der Waals surface area (Å²) in [6.07, 6.45) is 0. The lowest BCUT2D eigenvalue weighted by atomic mass is 9.67. The van der Waals surface area contributed by atoms with Gasteiger partial charge in [0.1, 0.15) is 0 Å². The first-order valence-electron chi connectivity index (χ1n) is 23.1. The maximum Gasteiger partial charge on any atom is 0.0714 e. The van der Waals surface area contributed by atoms with E-state index in [9.17, 15) is 0 Å². The van der Waals surface area contributed by atoms with E-state index in [2.05, 4.69) is 266 Å². The molecule has 13 rings (SSSR count). The quantitative estimate of drug-likeness (QED) is 0.147. The molecule has 0 saturated heterocycles. The Morgan fingerprint density at radius 1 is 0.299 bits per heavy atom. The molecule has 0 radical (unpaired) electrons. The SMILES string of the molecule is c1ccc(C2(c3ccccc3)c3ccccc3-c3ccc(N(c4ccc(-c5cccc(-c6ccc7ccccc7c6)c5)cc4)c4ccccc4-c4ccc5c(c4)sc4ccccc45)cc32)cc1. The van der Waals surface area contributed by atoms with Crippen molar-refractivity contribution in [2.45, 2.75) is 5.41 Å². The molecule has 0 N–H and O–H groups in total. The first-order chi connectivity index (χ1) is 33.2. The number of fused-ring (bicyclic) bond motifs is 7. The molecule has 12 aromatic rings. The van der Waals surface area contributed by atoms with Crippen LogP contribution in [0.2, 0.25) is 0 Å². The minimum atomic E-state index is -0.526. The first-order valence-corrected chi connectivity index (χ1v) is 23.9. The van der Waals surface area contributed by atoms with Gasteiger partial charge < -0.3 is 4.90 Å². The topological polar surface area (TPSA) is 3.24 Å². The molecule has 2 heteroatoms. The number of benzene rings is 11. The molecule has 1 nitrogen and oxygen atoms in total. The van der Waals surface area contributed by atoms with Gasteiger partial charge in [-0.25, -0.2) is 0 Å². The predicted octanol–water partition coefficient (Wildman–Crippen LogP) is 18.0. The number of para-hydroxylation sites is 1. The zero-order valence-electron chi connectivity index (χ0n) is 36.7. The minimum absolute atomic E-state index is 0.526. The standard InChI is InChI=1S/C65H43NS/c1-3-20-51(21-4-1)65(52-22-5-2-6-23-52)60-27-12-9-25-56(60)57-39-37-54(43-61(57)65)66(62-28-13-10-24-55(62)50-34-38-59-58-26-11-14-29-63(58)67-64(59)42-50)53-35-32-45(33-36-53)47-18-15-19-48(40-47)49-31-30-44-16-7-8-17-46(44)41-49/h1-43H. The lowest BCUT2D eigenvalue weighted by molar-refractivity contribution is 0.768. The summed E-state index contributed by atoms with van der Waals surface area (Å²) < 4.78 is 2.60. The number of thiophene rings is 1. The largest absolute Gasteiger partial charge is 0.310 e. The molecule has 1 aromatic heterocycles. The fraction of sp³-hybridized carbons (Fsp3) is 0.0154. The number of nitrogens with zero attached hydrogens (tertiary/aromatic N) is 1. The molecular formula is C65H43NS. The monoisotopic (exact) mass is 869 g/mol. The summed E-state index contributed by atoms with van der Waals surface area (Å²) >= 11 is 1.87. The van der Waals surface area contributed by atoms with E-state index in [1.54, 1.807) is 0 Å². The number of anilines is 3. The van der Waals surface area contributed by atoms with Gasteiger partial charge in [0.05, 0.1) is 11.1 Å². The van der Waals surface area contributed by atoms with E-state index in [4.69, 9.17) is 0 Å². The van der Waals surface area contributed by atoms with E-state index in [1.165, 1.54) is 97.7 Å². The van der Waals surface area contributed by atoms with Crippen LogP contribution in [-0.4, -0.2) is 0 Å². The number of hydrogen-bond acceptors (Lipinski definition) is 2. The van der Waals surface area contributed by atoms with Gasteiger partial charge >= 0.3 is 0 Å². The van der Waals surface area contributed by atoms with Crippen LogP contribution in [0.15, 0.2) is 261 Å². The van der Waals surface area contributed by atoms with Crippen molar-refractivity contribution in [3.63, 3.8) is 0 Å². The first kappa shape index (κ1) is 39.1. The molecule has 0 bridgehead atoms. The van der Waals surface area contributed by atoms with Crippen molar-refractivity contribution in [3.8, 4) is 44.5 Å². The fourth-order valence-electron chi connectivity index (χ4n) is 10.9. The van der Waals surface area contributed by atoms with Crippen LogP contribution < -0.4 is 4.90 Å². The summed E-state index contributed by atoms with van der Waals surface area (Å²) in [5, 5.41) is 5.11. The highest BCUT2D eigenvalue weighted by Gasteiger charge is 2.46. The maximum absolute atomic E-state index is 2.48. The lowest BCUT2D eigenvalue weighted by Crippen LogP contribution is -2.28. The van der Waals surface area contributed by atoms with Crippen LogP contribution in [0.25, 0.3) is 75.5 Å². The summed E-state index contributed by atoms with van der Waals surface area (Å²) in [4.78, 5) is 2.48. The third kappa shape index (κ3) is 6.44. The second-order valence-corrected chi connectivity index (χ2v) is 18.7. The Morgan fingerprint density at radius 3 is 1.69 bits per heavy atom. The van der Waals surface area contributed by atoms with Gasteiger partial charge in [-0.2, -0.15) is 0 Å². The van der Waals surface area contributed by atoms with Crippen LogP contribution in [0.5, 0.6) is 0 Å². The summed E-state index contributed by atoms with van der Waals surface area (Å²) in [5.74, 6) is 0. The Balaban J connectivity index is 0.994. The third-order valence-corrected chi connectivity index (χ3v) is 15.1. The van der Waals surface area contributed by atoms with Crippen molar-refractivity contribution in [3.05, 3.63) is 283 Å². The highest BCUT2D eigenvalue weighted by Crippen LogP contribution is 2.57. The van der Waals surface area contributed by atoms with Gasteiger partial charge in [-0.3, -0.25) is 0 Å². The average molecular weight is 870 g/mol. The van der Waals surface area contributed by atoms with Gasteiger partial charge in [-0.1, -0.05) is 206 Å². The summed E-state index contributed by atoms with van der Waals surface area (Å²) in [6.45, 7) is 0. The van der Waals surface area contributed by atoms with E-state index in [-0.39, 0.29) is 0 Å².